The van der Waals surface area contributed by atoms with Crippen LogP contribution in [0.15, 0.2) is 29.7 Å². The van der Waals surface area contributed by atoms with Crippen molar-refractivity contribution in [1.82, 2.24) is 14.9 Å². The largest absolute Gasteiger partial charge is 0.378 e. The average Bonchev–Trinajstić information content (AvgIpc) is 3.14. The molecule has 1 aromatic carbocycles. The van der Waals surface area contributed by atoms with Crippen molar-refractivity contribution < 1.29 is 17.9 Å². The van der Waals surface area contributed by atoms with Crippen LogP contribution in [0.2, 0.25) is 0 Å². The Bertz CT molecular complexity index is 990. The third-order valence-electron chi connectivity index (χ3n) is 4.66. The van der Waals surface area contributed by atoms with Crippen molar-refractivity contribution >= 4 is 32.7 Å². The second-order valence-electron chi connectivity index (χ2n) is 6.51. The highest BCUT2D eigenvalue weighted by molar-refractivity contribution is 7.94. The van der Waals surface area contributed by atoms with Gasteiger partial charge in [-0.05, 0) is 24.3 Å². The lowest BCUT2D eigenvalue weighted by Gasteiger charge is -2.27. The predicted octanol–water partition coefficient (Wildman–Crippen LogP) is 0.450. The molecule has 0 radical (unpaired) electrons. The molecule has 138 valence electrons. The SMILES string of the molecule is Cn1c(N2CCOCC2)nc2cc(C(=O)NC3C=CS(=O)(=O)C3)ccc21. The van der Waals surface area contributed by atoms with Gasteiger partial charge in [0.05, 0.1) is 36.0 Å². The van der Waals surface area contributed by atoms with E-state index in [2.05, 4.69) is 15.2 Å². The summed E-state index contributed by atoms with van der Waals surface area (Å²) in [6.07, 6.45) is 1.50. The minimum absolute atomic E-state index is 0.0915. The maximum Gasteiger partial charge on any atom is 0.251 e. The Labute approximate surface area is 151 Å². The van der Waals surface area contributed by atoms with Crippen LogP contribution in [0.4, 0.5) is 5.95 Å². The Hall–Kier alpha value is -2.39. The zero-order chi connectivity index (χ0) is 18.3. The van der Waals surface area contributed by atoms with Crippen molar-refractivity contribution in [1.29, 1.82) is 0 Å². The fourth-order valence-electron chi connectivity index (χ4n) is 3.29. The molecule has 26 heavy (non-hydrogen) atoms. The van der Waals surface area contributed by atoms with Crippen LogP contribution < -0.4 is 10.2 Å². The van der Waals surface area contributed by atoms with E-state index in [4.69, 9.17) is 4.74 Å². The van der Waals surface area contributed by atoms with E-state index in [-0.39, 0.29) is 11.7 Å². The minimum atomic E-state index is -3.20. The highest BCUT2D eigenvalue weighted by Crippen LogP contribution is 2.23. The monoisotopic (exact) mass is 376 g/mol. The summed E-state index contributed by atoms with van der Waals surface area (Å²) in [5.74, 6) is 0.453. The van der Waals surface area contributed by atoms with E-state index in [1.54, 1.807) is 12.1 Å². The lowest BCUT2D eigenvalue weighted by molar-refractivity contribution is 0.0948. The molecule has 9 heteroatoms. The summed E-state index contributed by atoms with van der Waals surface area (Å²) < 4.78 is 30.3. The number of amides is 1. The van der Waals surface area contributed by atoms with Gasteiger partial charge < -0.3 is 19.5 Å². The van der Waals surface area contributed by atoms with Crippen LogP contribution in [0, 0.1) is 0 Å². The first kappa shape index (κ1) is 17.0. The Kier molecular flexibility index (Phi) is 4.20. The van der Waals surface area contributed by atoms with Gasteiger partial charge in [-0.15, -0.1) is 0 Å². The molecule has 2 aliphatic heterocycles. The molecular formula is C17H20N4O4S. The summed E-state index contributed by atoms with van der Waals surface area (Å²) in [4.78, 5) is 19.3. The van der Waals surface area contributed by atoms with Crippen LogP contribution in [0.5, 0.6) is 0 Å². The predicted molar refractivity (Wildman–Crippen MR) is 97.9 cm³/mol. The number of nitrogens with zero attached hydrogens (tertiary/aromatic N) is 3. The number of morpholine rings is 1. The highest BCUT2D eigenvalue weighted by atomic mass is 32.2. The van der Waals surface area contributed by atoms with E-state index >= 15 is 0 Å². The maximum atomic E-state index is 12.4. The van der Waals surface area contributed by atoms with Gasteiger partial charge in [0.1, 0.15) is 0 Å². The Balaban J connectivity index is 1.57. The number of hydrogen-bond donors (Lipinski definition) is 1. The number of anilines is 1. The standard InChI is InChI=1S/C17H20N4O4S/c1-20-15-3-2-12(16(22)18-13-4-9-26(23,24)11-13)10-14(15)19-17(20)21-5-7-25-8-6-21/h2-4,9-10,13H,5-8,11H2,1H3,(H,18,22). The molecule has 8 nitrogen and oxygen atoms in total. The van der Waals surface area contributed by atoms with Crippen LogP contribution in [0.25, 0.3) is 11.0 Å². The van der Waals surface area contributed by atoms with Gasteiger partial charge in [-0.2, -0.15) is 0 Å². The molecule has 0 bridgehead atoms. The van der Waals surface area contributed by atoms with Gasteiger partial charge in [0, 0.05) is 31.1 Å². The number of carbonyl (C=O) groups is 1. The van der Waals surface area contributed by atoms with Crippen LogP contribution in [-0.4, -0.2) is 62.0 Å². The molecule has 0 saturated carbocycles. The molecule has 0 aliphatic carbocycles. The first-order valence-electron chi connectivity index (χ1n) is 8.44. The van der Waals surface area contributed by atoms with Crippen molar-refractivity contribution in [3.63, 3.8) is 0 Å². The van der Waals surface area contributed by atoms with E-state index in [9.17, 15) is 13.2 Å². The number of carbonyl (C=O) groups excluding carboxylic acids is 1. The smallest absolute Gasteiger partial charge is 0.251 e. The van der Waals surface area contributed by atoms with Gasteiger partial charge in [-0.3, -0.25) is 4.79 Å². The molecule has 1 amide bonds. The molecule has 1 aromatic heterocycles. The van der Waals surface area contributed by atoms with Crippen molar-refractivity contribution in [3.05, 3.63) is 35.2 Å². The number of ether oxygens (including phenoxy) is 1. The molecule has 1 fully saturated rings. The van der Waals surface area contributed by atoms with E-state index in [1.807, 2.05) is 17.7 Å². The van der Waals surface area contributed by atoms with Crippen molar-refractivity contribution in [2.75, 3.05) is 37.0 Å². The van der Waals surface area contributed by atoms with Crippen molar-refractivity contribution in [2.45, 2.75) is 6.04 Å². The van der Waals surface area contributed by atoms with E-state index in [0.29, 0.717) is 18.8 Å². The number of aryl methyl sites for hydroxylation is 1. The molecular weight excluding hydrogens is 356 g/mol. The number of fused-ring (bicyclic) bond motifs is 1. The van der Waals surface area contributed by atoms with E-state index in [1.165, 1.54) is 6.08 Å². The third kappa shape index (κ3) is 3.19. The van der Waals surface area contributed by atoms with Gasteiger partial charge in [-0.1, -0.05) is 0 Å². The number of nitrogens with one attached hydrogen (secondary N) is 1. The van der Waals surface area contributed by atoms with Crippen LogP contribution in [0.3, 0.4) is 0 Å². The zero-order valence-corrected chi connectivity index (χ0v) is 15.2. The van der Waals surface area contributed by atoms with Gasteiger partial charge in [0.25, 0.3) is 5.91 Å². The Morgan fingerprint density at radius 1 is 1.31 bits per heavy atom. The average molecular weight is 376 g/mol. The van der Waals surface area contributed by atoms with E-state index in [0.717, 1.165) is 35.5 Å². The molecule has 1 N–H and O–H groups in total. The van der Waals surface area contributed by atoms with Crippen LogP contribution >= 0.6 is 0 Å². The summed E-state index contributed by atoms with van der Waals surface area (Å²) in [7, 11) is -1.25. The van der Waals surface area contributed by atoms with Gasteiger partial charge >= 0.3 is 0 Å². The second kappa shape index (κ2) is 6.40. The first-order chi connectivity index (χ1) is 12.4. The molecule has 2 aliphatic rings. The fraction of sp³-hybridized carbons (Fsp3) is 0.412. The van der Waals surface area contributed by atoms with Gasteiger partial charge in [0.2, 0.25) is 5.95 Å². The molecule has 1 atom stereocenters. The number of rotatable bonds is 3. The van der Waals surface area contributed by atoms with Crippen molar-refractivity contribution in [3.8, 4) is 0 Å². The number of aromatic nitrogens is 2. The van der Waals surface area contributed by atoms with Gasteiger partial charge in [-0.25, -0.2) is 13.4 Å². The van der Waals surface area contributed by atoms with Crippen LogP contribution in [0.1, 0.15) is 10.4 Å². The summed E-state index contributed by atoms with van der Waals surface area (Å²) in [5, 5.41) is 3.88. The minimum Gasteiger partial charge on any atom is -0.378 e. The van der Waals surface area contributed by atoms with Gasteiger partial charge in [0.15, 0.2) is 9.84 Å². The molecule has 1 unspecified atom stereocenters. The first-order valence-corrected chi connectivity index (χ1v) is 10.2. The number of hydrogen-bond acceptors (Lipinski definition) is 6. The molecule has 3 heterocycles. The zero-order valence-electron chi connectivity index (χ0n) is 14.4. The topological polar surface area (TPSA) is 93.5 Å². The quantitative estimate of drug-likeness (QED) is 0.836. The third-order valence-corrected chi connectivity index (χ3v) is 6.06. The lowest BCUT2D eigenvalue weighted by atomic mass is 10.1. The highest BCUT2D eigenvalue weighted by Gasteiger charge is 2.24. The number of sulfone groups is 1. The lowest BCUT2D eigenvalue weighted by Crippen LogP contribution is -2.37. The summed E-state index contributed by atoms with van der Waals surface area (Å²) in [6, 6.07) is 4.84. The summed E-state index contributed by atoms with van der Waals surface area (Å²) in [5.41, 5.74) is 2.13. The Morgan fingerprint density at radius 3 is 2.77 bits per heavy atom. The second-order valence-corrected chi connectivity index (χ2v) is 8.44. The molecule has 4 rings (SSSR count). The Morgan fingerprint density at radius 2 is 2.08 bits per heavy atom. The fourth-order valence-corrected chi connectivity index (χ4v) is 4.53. The molecule has 2 aromatic rings. The number of benzene rings is 1. The molecule has 1 saturated heterocycles. The normalized spacial score (nSPS) is 22.0. The summed E-state index contributed by atoms with van der Waals surface area (Å²) in [6.45, 7) is 2.92. The van der Waals surface area contributed by atoms with Crippen molar-refractivity contribution in [2.24, 2.45) is 7.05 Å². The summed E-state index contributed by atoms with van der Waals surface area (Å²) >= 11 is 0. The van der Waals surface area contributed by atoms with E-state index < -0.39 is 15.9 Å². The number of imidazole rings is 1. The molecule has 0 spiro atoms. The maximum absolute atomic E-state index is 12.4. The van der Waals surface area contributed by atoms with Crippen LogP contribution in [-0.2, 0) is 21.6 Å².